The van der Waals surface area contributed by atoms with E-state index in [-0.39, 0.29) is 11.7 Å². The van der Waals surface area contributed by atoms with Gasteiger partial charge in [0.05, 0.1) is 32.8 Å². The zero-order valence-electron chi connectivity index (χ0n) is 19.6. The maximum absolute atomic E-state index is 12.6. The first kappa shape index (κ1) is 25.0. The number of amides is 1. The van der Waals surface area contributed by atoms with Crippen LogP contribution in [0.1, 0.15) is 18.9 Å². The predicted molar refractivity (Wildman–Crippen MR) is 131 cm³/mol. The van der Waals surface area contributed by atoms with E-state index in [9.17, 15) is 4.79 Å². The topological polar surface area (TPSA) is 96.7 Å². The van der Waals surface area contributed by atoms with Crippen LogP contribution in [0.15, 0.2) is 60.3 Å². The van der Waals surface area contributed by atoms with Gasteiger partial charge < -0.3 is 24.3 Å². The van der Waals surface area contributed by atoms with Crippen molar-refractivity contribution >= 4 is 23.4 Å². The molecule has 0 radical (unpaired) electrons. The summed E-state index contributed by atoms with van der Waals surface area (Å²) in [6.45, 7) is 6.18. The Bertz CT molecular complexity index is 1130. The van der Waals surface area contributed by atoms with Gasteiger partial charge in [0.1, 0.15) is 11.5 Å². The Labute approximate surface area is 203 Å². The Morgan fingerprint density at radius 1 is 1.09 bits per heavy atom. The fraction of sp³-hybridized carbons (Fsp3) is 0.292. The zero-order valence-corrected chi connectivity index (χ0v) is 20.4. The highest BCUT2D eigenvalue weighted by Gasteiger charge is 2.21. The molecular formula is C24H28N4O5S. The van der Waals surface area contributed by atoms with E-state index in [0.717, 1.165) is 0 Å². The van der Waals surface area contributed by atoms with Crippen molar-refractivity contribution in [3.8, 4) is 23.0 Å². The fourth-order valence-electron chi connectivity index (χ4n) is 3.19. The van der Waals surface area contributed by atoms with Crippen LogP contribution in [0.5, 0.6) is 23.0 Å². The van der Waals surface area contributed by atoms with Crippen molar-refractivity contribution < 1.29 is 23.7 Å². The average Bonchev–Trinajstić information content (AvgIpc) is 3.26. The van der Waals surface area contributed by atoms with Crippen molar-refractivity contribution in [3.05, 3.63) is 60.9 Å². The Hall–Kier alpha value is -3.66. The van der Waals surface area contributed by atoms with Gasteiger partial charge in [0.25, 0.3) is 0 Å². The van der Waals surface area contributed by atoms with Crippen molar-refractivity contribution in [2.75, 3.05) is 32.4 Å². The number of rotatable bonds is 12. The van der Waals surface area contributed by atoms with Crippen molar-refractivity contribution in [1.82, 2.24) is 14.8 Å². The molecule has 180 valence electrons. The van der Waals surface area contributed by atoms with Crippen molar-refractivity contribution in [2.24, 2.45) is 0 Å². The summed E-state index contributed by atoms with van der Waals surface area (Å²) in [5.74, 6) is 2.92. The number of para-hydroxylation sites is 2. The van der Waals surface area contributed by atoms with Gasteiger partial charge in [0, 0.05) is 12.6 Å². The van der Waals surface area contributed by atoms with Crippen LogP contribution in [-0.4, -0.2) is 47.8 Å². The Morgan fingerprint density at radius 3 is 2.50 bits per heavy atom. The molecule has 0 bridgehead atoms. The largest absolute Gasteiger partial charge is 0.497 e. The molecule has 0 spiro atoms. The molecule has 0 saturated carbocycles. The number of carbonyl (C=O) groups excluding carboxylic acids is 1. The van der Waals surface area contributed by atoms with Gasteiger partial charge in [-0.1, -0.05) is 30.0 Å². The van der Waals surface area contributed by atoms with E-state index >= 15 is 0 Å². The first-order chi connectivity index (χ1) is 16.5. The molecule has 10 heteroatoms. The molecule has 0 aliphatic heterocycles. The second-order valence-corrected chi connectivity index (χ2v) is 8.00. The lowest BCUT2D eigenvalue weighted by Crippen LogP contribution is -2.16. The molecule has 1 atom stereocenters. The SMILES string of the molecule is C=CCn1c(SCC(=O)Nc2ccc(OC)cc2OC)nnc1C(C)Oc1ccccc1OC. The molecule has 0 saturated heterocycles. The molecule has 1 N–H and O–H groups in total. The third-order valence-electron chi connectivity index (χ3n) is 4.81. The van der Waals surface area contributed by atoms with E-state index in [1.165, 1.54) is 18.9 Å². The second kappa shape index (κ2) is 12.0. The summed E-state index contributed by atoms with van der Waals surface area (Å²) in [7, 11) is 4.70. The first-order valence-electron chi connectivity index (χ1n) is 10.5. The number of hydrogen-bond acceptors (Lipinski definition) is 8. The summed E-state index contributed by atoms with van der Waals surface area (Å²) >= 11 is 1.27. The summed E-state index contributed by atoms with van der Waals surface area (Å²) < 4.78 is 23.8. The van der Waals surface area contributed by atoms with Crippen LogP contribution in [0.3, 0.4) is 0 Å². The van der Waals surface area contributed by atoms with Gasteiger partial charge in [-0.05, 0) is 31.2 Å². The summed E-state index contributed by atoms with van der Waals surface area (Å²) in [5, 5.41) is 12.0. The quantitative estimate of drug-likeness (QED) is 0.299. The standard InChI is InChI=1S/C24H28N4O5S/c1-6-13-28-23(16(2)33-20-10-8-7-9-19(20)31-4)26-27-24(28)34-15-22(29)25-18-12-11-17(30-3)14-21(18)32-5/h6-12,14,16H,1,13,15H2,2-5H3,(H,25,29). The molecule has 1 aromatic heterocycles. The summed E-state index contributed by atoms with van der Waals surface area (Å²) in [5.41, 5.74) is 0.556. The van der Waals surface area contributed by atoms with E-state index in [1.54, 1.807) is 38.5 Å². The number of nitrogens with one attached hydrogen (secondary N) is 1. The van der Waals surface area contributed by atoms with Gasteiger partial charge in [-0.25, -0.2) is 0 Å². The molecule has 1 heterocycles. The van der Waals surface area contributed by atoms with E-state index in [4.69, 9.17) is 18.9 Å². The van der Waals surface area contributed by atoms with Crippen LogP contribution in [0.4, 0.5) is 5.69 Å². The normalized spacial score (nSPS) is 11.4. The number of thioether (sulfide) groups is 1. The second-order valence-electron chi connectivity index (χ2n) is 7.05. The number of methoxy groups -OCH3 is 3. The number of aromatic nitrogens is 3. The third-order valence-corrected chi connectivity index (χ3v) is 5.78. The predicted octanol–water partition coefficient (Wildman–Crippen LogP) is 4.36. The summed E-state index contributed by atoms with van der Waals surface area (Å²) in [4.78, 5) is 12.6. The van der Waals surface area contributed by atoms with Crippen LogP contribution in [0.2, 0.25) is 0 Å². The van der Waals surface area contributed by atoms with Gasteiger partial charge in [0.2, 0.25) is 5.91 Å². The zero-order chi connectivity index (χ0) is 24.5. The number of benzene rings is 2. The minimum absolute atomic E-state index is 0.131. The maximum atomic E-state index is 12.6. The minimum Gasteiger partial charge on any atom is -0.497 e. The monoisotopic (exact) mass is 484 g/mol. The molecule has 3 aromatic rings. The van der Waals surface area contributed by atoms with Crippen LogP contribution < -0.4 is 24.3 Å². The molecule has 2 aromatic carbocycles. The number of hydrogen-bond donors (Lipinski definition) is 1. The molecule has 34 heavy (non-hydrogen) atoms. The molecule has 9 nitrogen and oxygen atoms in total. The molecular weight excluding hydrogens is 456 g/mol. The van der Waals surface area contributed by atoms with E-state index in [0.29, 0.717) is 46.2 Å². The van der Waals surface area contributed by atoms with Crippen LogP contribution >= 0.6 is 11.8 Å². The highest BCUT2D eigenvalue weighted by Crippen LogP contribution is 2.32. The number of ether oxygens (including phenoxy) is 4. The summed E-state index contributed by atoms with van der Waals surface area (Å²) in [6, 6.07) is 12.6. The smallest absolute Gasteiger partial charge is 0.234 e. The lowest BCUT2D eigenvalue weighted by molar-refractivity contribution is -0.113. The van der Waals surface area contributed by atoms with Gasteiger partial charge in [0.15, 0.2) is 28.6 Å². The minimum atomic E-state index is -0.407. The molecule has 3 rings (SSSR count). The van der Waals surface area contributed by atoms with Crippen LogP contribution in [0, 0.1) is 0 Å². The number of carbonyl (C=O) groups is 1. The molecule has 1 amide bonds. The van der Waals surface area contributed by atoms with Crippen molar-refractivity contribution in [1.29, 1.82) is 0 Å². The molecule has 0 aliphatic rings. The Morgan fingerprint density at radius 2 is 1.82 bits per heavy atom. The van der Waals surface area contributed by atoms with Gasteiger partial charge >= 0.3 is 0 Å². The van der Waals surface area contributed by atoms with E-state index < -0.39 is 6.10 Å². The number of allylic oxidation sites excluding steroid dienone is 1. The van der Waals surface area contributed by atoms with E-state index in [1.807, 2.05) is 35.8 Å². The average molecular weight is 485 g/mol. The van der Waals surface area contributed by atoms with Crippen molar-refractivity contribution in [3.63, 3.8) is 0 Å². The Balaban J connectivity index is 1.69. The molecule has 1 unspecified atom stereocenters. The highest BCUT2D eigenvalue weighted by molar-refractivity contribution is 7.99. The van der Waals surface area contributed by atoms with Gasteiger partial charge in [-0.15, -0.1) is 16.8 Å². The van der Waals surface area contributed by atoms with Gasteiger partial charge in [-0.2, -0.15) is 0 Å². The van der Waals surface area contributed by atoms with Crippen molar-refractivity contribution in [2.45, 2.75) is 24.7 Å². The van der Waals surface area contributed by atoms with Gasteiger partial charge in [-0.3, -0.25) is 9.36 Å². The molecule has 0 aliphatic carbocycles. The number of nitrogens with zero attached hydrogens (tertiary/aromatic N) is 3. The van der Waals surface area contributed by atoms with Crippen LogP contribution in [0.25, 0.3) is 0 Å². The summed E-state index contributed by atoms with van der Waals surface area (Å²) in [6.07, 6.45) is 1.34. The first-order valence-corrected chi connectivity index (χ1v) is 11.5. The van der Waals surface area contributed by atoms with E-state index in [2.05, 4.69) is 22.1 Å². The number of anilines is 1. The lowest BCUT2D eigenvalue weighted by Gasteiger charge is -2.17. The molecule has 0 fully saturated rings. The Kier molecular flexibility index (Phi) is 8.80. The maximum Gasteiger partial charge on any atom is 0.234 e. The fourth-order valence-corrected chi connectivity index (χ4v) is 3.94. The third kappa shape index (κ3) is 6.02. The van der Waals surface area contributed by atoms with Crippen LogP contribution in [-0.2, 0) is 11.3 Å². The highest BCUT2D eigenvalue weighted by atomic mass is 32.2. The lowest BCUT2D eigenvalue weighted by atomic mass is 10.2.